The monoisotopic (exact) mass is 261 g/mol. The Labute approximate surface area is 112 Å². The van der Waals surface area contributed by atoms with Gasteiger partial charge in [-0.25, -0.2) is 0 Å². The molecule has 0 radical (unpaired) electrons. The lowest BCUT2D eigenvalue weighted by Crippen LogP contribution is -2.35. The molecule has 0 amide bonds. The van der Waals surface area contributed by atoms with Crippen molar-refractivity contribution in [2.75, 3.05) is 31.1 Å². The van der Waals surface area contributed by atoms with Gasteiger partial charge in [-0.1, -0.05) is 11.6 Å². The van der Waals surface area contributed by atoms with Crippen molar-refractivity contribution in [1.29, 1.82) is 0 Å². The molecule has 0 aromatic heterocycles. The smallest absolute Gasteiger partial charge is 0.116 e. The molecule has 1 spiro atoms. The molecule has 1 fully saturated rings. The number of nitrogens with one attached hydrogen (secondary N) is 1. The maximum Gasteiger partial charge on any atom is 0.116 e. The van der Waals surface area contributed by atoms with E-state index in [-0.39, 0.29) is 0 Å². The number of hydrogen-bond acceptors (Lipinski definition) is 3. The second-order valence-electron chi connectivity index (χ2n) is 5.55. The number of rotatable bonds is 2. The molecular formula is C14H16ClN3. The zero-order valence-electron chi connectivity index (χ0n) is 10.2. The SMILES string of the molecule is Clc1ccc2c(c1)C1(CC1)CN2CC1=NCCN1. The normalized spacial score (nSPS) is 22.9. The van der Waals surface area contributed by atoms with Gasteiger partial charge >= 0.3 is 0 Å². The molecule has 2 aliphatic heterocycles. The molecule has 3 nitrogen and oxygen atoms in total. The van der Waals surface area contributed by atoms with Gasteiger partial charge in [0.15, 0.2) is 0 Å². The molecule has 0 unspecified atom stereocenters. The van der Waals surface area contributed by atoms with Gasteiger partial charge in [-0.05, 0) is 36.6 Å². The fourth-order valence-electron chi connectivity index (χ4n) is 3.20. The van der Waals surface area contributed by atoms with Crippen molar-refractivity contribution in [2.45, 2.75) is 18.3 Å². The van der Waals surface area contributed by atoms with Crippen LogP contribution in [0.2, 0.25) is 5.02 Å². The minimum absolute atomic E-state index is 0.402. The summed E-state index contributed by atoms with van der Waals surface area (Å²) in [5.74, 6) is 1.13. The highest BCUT2D eigenvalue weighted by molar-refractivity contribution is 6.30. The van der Waals surface area contributed by atoms with Gasteiger partial charge in [0.05, 0.1) is 13.1 Å². The molecule has 1 aromatic carbocycles. The van der Waals surface area contributed by atoms with E-state index in [0.29, 0.717) is 5.41 Å². The number of anilines is 1. The summed E-state index contributed by atoms with van der Waals surface area (Å²) < 4.78 is 0. The van der Waals surface area contributed by atoms with E-state index in [1.807, 2.05) is 6.07 Å². The van der Waals surface area contributed by atoms with E-state index in [2.05, 4.69) is 27.3 Å². The number of aliphatic imine (C=N–C) groups is 1. The van der Waals surface area contributed by atoms with Gasteiger partial charge in [-0.3, -0.25) is 4.99 Å². The summed E-state index contributed by atoms with van der Waals surface area (Å²) in [6, 6.07) is 6.33. The van der Waals surface area contributed by atoms with Gasteiger partial charge in [0, 0.05) is 29.2 Å². The molecule has 2 heterocycles. The third kappa shape index (κ3) is 1.53. The van der Waals surface area contributed by atoms with Gasteiger partial charge in [-0.15, -0.1) is 0 Å². The highest BCUT2D eigenvalue weighted by atomic mass is 35.5. The lowest BCUT2D eigenvalue weighted by Gasteiger charge is -2.19. The van der Waals surface area contributed by atoms with E-state index in [1.165, 1.54) is 24.1 Å². The van der Waals surface area contributed by atoms with Crippen LogP contribution in [0.4, 0.5) is 5.69 Å². The number of amidine groups is 1. The topological polar surface area (TPSA) is 27.6 Å². The summed E-state index contributed by atoms with van der Waals surface area (Å²) in [7, 11) is 0. The maximum absolute atomic E-state index is 6.14. The van der Waals surface area contributed by atoms with Crippen LogP contribution in [0.25, 0.3) is 0 Å². The minimum Gasteiger partial charge on any atom is -0.370 e. The van der Waals surface area contributed by atoms with Crippen LogP contribution in [0.5, 0.6) is 0 Å². The Hall–Kier alpha value is -1.22. The largest absolute Gasteiger partial charge is 0.370 e. The van der Waals surface area contributed by atoms with Crippen molar-refractivity contribution in [1.82, 2.24) is 5.32 Å². The van der Waals surface area contributed by atoms with Gasteiger partial charge in [0.25, 0.3) is 0 Å². The summed E-state index contributed by atoms with van der Waals surface area (Å²) in [4.78, 5) is 6.95. The molecule has 1 N–H and O–H groups in total. The van der Waals surface area contributed by atoms with Crippen LogP contribution in [0.15, 0.2) is 23.2 Å². The first-order valence-electron chi connectivity index (χ1n) is 6.59. The number of nitrogens with zero attached hydrogens (tertiary/aromatic N) is 2. The van der Waals surface area contributed by atoms with Crippen molar-refractivity contribution >= 4 is 23.1 Å². The standard InChI is InChI=1S/C14H16ClN3/c15-10-1-2-12-11(7-10)14(3-4-14)9-18(12)8-13-16-5-6-17-13/h1-2,7H,3-6,8-9H2,(H,16,17). The van der Waals surface area contributed by atoms with Crippen LogP contribution in [0.1, 0.15) is 18.4 Å². The van der Waals surface area contributed by atoms with Crippen molar-refractivity contribution in [3.63, 3.8) is 0 Å². The summed E-state index contributed by atoms with van der Waals surface area (Å²) in [6.45, 7) is 3.95. The number of hydrogen-bond donors (Lipinski definition) is 1. The van der Waals surface area contributed by atoms with E-state index in [9.17, 15) is 0 Å². The number of fused-ring (bicyclic) bond motifs is 2. The Morgan fingerprint density at radius 2 is 2.28 bits per heavy atom. The number of benzene rings is 1. The van der Waals surface area contributed by atoms with Crippen LogP contribution < -0.4 is 10.2 Å². The number of halogens is 1. The second-order valence-corrected chi connectivity index (χ2v) is 5.99. The Balaban J connectivity index is 1.67. The van der Waals surface area contributed by atoms with E-state index in [0.717, 1.165) is 37.0 Å². The van der Waals surface area contributed by atoms with Crippen LogP contribution in [0.3, 0.4) is 0 Å². The predicted octanol–water partition coefficient (Wildman–Crippen LogP) is 2.19. The molecule has 94 valence electrons. The molecule has 1 aliphatic carbocycles. The lowest BCUT2D eigenvalue weighted by atomic mass is 9.99. The molecule has 4 rings (SSSR count). The zero-order valence-corrected chi connectivity index (χ0v) is 11.0. The van der Waals surface area contributed by atoms with Crippen LogP contribution in [-0.4, -0.2) is 32.0 Å². The van der Waals surface area contributed by atoms with Crippen molar-refractivity contribution in [3.8, 4) is 0 Å². The highest BCUT2D eigenvalue weighted by Crippen LogP contribution is 2.56. The van der Waals surface area contributed by atoms with E-state index in [4.69, 9.17) is 11.6 Å². The Bertz CT molecular complexity index is 534. The molecule has 1 saturated carbocycles. The van der Waals surface area contributed by atoms with Gasteiger partial charge < -0.3 is 10.2 Å². The van der Waals surface area contributed by atoms with Crippen molar-refractivity contribution in [2.24, 2.45) is 4.99 Å². The fraction of sp³-hybridized carbons (Fsp3) is 0.500. The quantitative estimate of drug-likeness (QED) is 0.884. The summed E-state index contributed by atoms with van der Waals surface area (Å²) in [5.41, 5.74) is 3.21. The third-order valence-corrected chi connectivity index (χ3v) is 4.54. The molecule has 3 aliphatic rings. The Morgan fingerprint density at radius 1 is 1.39 bits per heavy atom. The molecule has 0 bridgehead atoms. The fourth-order valence-corrected chi connectivity index (χ4v) is 3.37. The van der Waals surface area contributed by atoms with Crippen LogP contribution in [-0.2, 0) is 5.41 Å². The van der Waals surface area contributed by atoms with E-state index in [1.54, 1.807) is 0 Å². The first kappa shape index (κ1) is 10.7. The molecule has 0 atom stereocenters. The first-order valence-corrected chi connectivity index (χ1v) is 6.97. The van der Waals surface area contributed by atoms with Crippen molar-refractivity contribution < 1.29 is 0 Å². The second kappa shape index (κ2) is 3.64. The van der Waals surface area contributed by atoms with Gasteiger partial charge in [0.1, 0.15) is 5.84 Å². The summed E-state index contributed by atoms with van der Waals surface area (Å²) >= 11 is 6.14. The zero-order chi connectivity index (χ0) is 12.2. The van der Waals surface area contributed by atoms with E-state index < -0.39 is 0 Å². The van der Waals surface area contributed by atoms with Crippen LogP contribution in [0, 0.1) is 0 Å². The Morgan fingerprint density at radius 3 is 3.00 bits per heavy atom. The van der Waals surface area contributed by atoms with Gasteiger partial charge in [-0.2, -0.15) is 0 Å². The molecule has 0 saturated heterocycles. The highest BCUT2D eigenvalue weighted by Gasteiger charge is 2.51. The predicted molar refractivity (Wildman–Crippen MR) is 74.9 cm³/mol. The average Bonchev–Trinajstić information content (AvgIpc) is 2.83. The average molecular weight is 262 g/mol. The molecular weight excluding hydrogens is 246 g/mol. The van der Waals surface area contributed by atoms with E-state index >= 15 is 0 Å². The first-order chi connectivity index (χ1) is 8.77. The van der Waals surface area contributed by atoms with Crippen molar-refractivity contribution in [3.05, 3.63) is 28.8 Å². The third-order valence-electron chi connectivity index (χ3n) is 4.30. The summed E-state index contributed by atoms with van der Waals surface area (Å²) in [5, 5.41) is 4.22. The molecule has 18 heavy (non-hydrogen) atoms. The maximum atomic E-state index is 6.14. The molecule has 4 heteroatoms. The molecule has 1 aromatic rings. The minimum atomic E-state index is 0.402. The van der Waals surface area contributed by atoms with Crippen LogP contribution >= 0.6 is 11.6 Å². The van der Waals surface area contributed by atoms with Gasteiger partial charge in [0.2, 0.25) is 0 Å². The lowest BCUT2D eigenvalue weighted by molar-refractivity contribution is 0.719. The Kier molecular flexibility index (Phi) is 2.16. The summed E-state index contributed by atoms with van der Waals surface area (Å²) in [6.07, 6.45) is 2.60.